The molecule has 0 spiro atoms. The van der Waals surface area contributed by atoms with Gasteiger partial charge in [0.15, 0.2) is 0 Å². The van der Waals surface area contributed by atoms with Crippen LogP contribution in [0.15, 0.2) is 140 Å². The van der Waals surface area contributed by atoms with Gasteiger partial charge >= 0.3 is 64.3 Å². The van der Waals surface area contributed by atoms with Gasteiger partial charge in [0, 0.05) is 0 Å². The first-order valence-electron chi connectivity index (χ1n) is 24.5. The van der Waals surface area contributed by atoms with E-state index in [1.165, 1.54) is 38.5 Å². The van der Waals surface area contributed by atoms with Gasteiger partial charge in [0.05, 0.1) is 0 Å². The second kappa shape index (κ2) is 41.5. The second-order valence-electron chi connectivity index (χ2n) is 18.5. The highest BCUT2D eigenvalue weighted by molar-refractivity contribution is 6.62. The van der Waals surface area contributed by atoms with Crippen molar-refractivity contribution >= 4 is 102 Å². The van der Waals surface area contributed by atoms with E-state index in [9.17, 15) is 0 Å². The monoisotopic (exact) mass is 1070 g/mol. The number of benzene rings is 6. The number of aryl methyl sites for hydroxylation is 3. The van der Waals surface area contributed by atoms with Crippen LogP contribution < -0.4 is 27.3 Å². The molecular formula is C49H77B9O19. The molecule has 77 heavy (non-hydrogen) atoms. The highest BCUT2D eigenvalue weighted by Crippen LogP contribution is 2.29. The molecule has 0 radical (unpaired) electrons. The highest BCUT2D eigenvalue weighted by Gasteiger charge is 2.24. The van der Waals surface area contributed by atoms with E-state index in [-0.39, 0.29) is 11.2 Å². The number of rotatable bonds is 6. The molecule has 414 valence electrons. The van der Waals surface area contributed by atoms with Gasteiger partial charge in [-0.2, -0.15) is 0 Å². The van der Waals surface area contributed by atoms with Crippen LogP contribution in [0.1, 0.15) is 75.1 Å². The molecule has 0 unspecified atom stereocenters. The first-order chi connectivity index (χ1) is 35.8. The normalized spacial score (nSPS) is 11.0. The van der Waals surface area contributed by atoms with E-state index in [2.05, 4.69) is 20.8 Å². The lowest BCUT2D eigenvalue weighted by molar-refractivity contribution is 0.278. The van der Waals surface area contributed by atoms with Crippen molar-refractivity contribution in [1.29, 1.82) is 0 Å². The summed E-state index contributed by atoms with van der Waals surface area (Å²) in [4.78, 5) is 0. The molecule has 0 amide bonds. The van der Waals surface area contributed by atoms with Gasteiger partial charge in [0.1, 0.15) is 0 Å². The molecule has 0 atom stereocenters. The van der Waals surface area contributed by atoms with Crippen molar-refractivity contribution < 1.29 is 95.5 Å². The van der Waals surface area contributed by atoms with Crippen molar-refractivity contribution in [3.05, 3.63) is 162 Å². The molecule has 7 rings (SSSR count). The number of hydrogen-bond donors (Lipinski definition) is 19. The predicted molar refractivity (Wildman–Crippen MR) is 313 cm³/mol. The predicted octanol–water partition coefficient (Wildman–Crippen LogP) is -2.87. The van der Waals surface area contributed by atoms with Crippen molar-refractivity contribution in [2.75, 3.05) is 0 Å². The first kappa shape index (κ1) is 74.5. The Kier molecular flexibility index (Phi) is 40.1. The van der Waals surface area contributed by atoms with E-state index >= 15 is 0 Å². The van der Waals surface area contributed by atoms with Crippen LogP contribution in [0.2, 0.25) is 19.5 Å². The maximum absolute atomic E-state index is 9.08. The van der Waals surface area contributed by atoms with Gasteiger partial charge in [0.2, 0.25) is 0 Å². The van der Waals surface area contributed by atoms with Crippen molar-refractivity contribution in [2.24, 2.45) is 0 Å². The Balaban J connectivity index is 0. The molecule has 0 aliphatic heterocycles. The lowest BCUT2D eigenvalue weighted by Gasteiger charge is -2.19. The molecule has 28 heteroatoms. The van der Waals surface area contributed by atoms with Crippen molar-refractivity contribution in [2.45, 2.75) is 98.5 Å². The Morgan fingerprint density at radius 1 is 0.377 bits per heavy atom. The molecule has 0 aromatic heterocycles. The molecule has 6 aromatic carbocycles. The Bertz CT molecular complexity index is 2330. The quantitative estimate of drug-likeness (QED) is 0.0746. The van der Waals surface area contributed by atoms with E-state index in [4.69, 9.17) is 95.5 Å². The van der Waals surface area contributed by atoms with Crippen LogP contribution in [-0.4, -0.2) is 160 Å². The summed E-state index contributed by atoms with van der Waals surface area (Å²) in [6.07, 6.45) is 5.60. The minimum Gasteiger partial charge on any atom is -0.427 e. The maximum atomic E-state index is 9.08. The van der Waals surface area contributed by atoms with Crippen molar-refractivity contribution in [3.8, 4) is 0 Å². The van der Waals surface area contributed by atoms with E-state index in [1.807, 2.05) is 93.6 Å². The lowest BCUT2D eigenvalue weighted by Crippen LogP contribution is -2.30. The molecule has 1 saturated carbocycles. The third-order valence-corrected chi connectivity index (χ3v) is 10.3. The number of hydrogen-bond acceptors (Lipinski definition) is 19. The van der Waals surface area contributed by atoms with Crippen LogP contribution in [0.25, 0.3) is 10.8 Å². The molecule has 19 nitrogen and oxygen atoms in total. The maximum Gasteiger partial charge on any atom is 0.631 e. The minimum atomic E-state index is -2.17. The number of fused-ring (bicyclic) bond motifs is 1. The van der Waals surface area contributed by atoms with E-state index in [1.54, 1.807) is 66.7 Å². The van der Waals surface area contributed by atoms with E-state index in [0.29, 0.717) is 27.3 Å². The zero-order valence-electron chi connectivity index (χ0n) is 45.1. The molecule has 6 aromatic rings. The van der Waals surface area contributed by atoms with Gasteiger partial charge in [-0.05, 0) is 89.3 Å². The fourth-order valence-corrected chi connectivity index (χ4v) is 6.59. The first-order valence-corrected chi connectivity index (χ1v) is 24.5. The van der Waals surface area contributed by atoms with Gasteiger partial charge < -0.3 is 95.5 Å². The summed E-state index contributed by atoms with van der Waals surface area (Å²) in [6, 6.07) is 41.7. The zero-order chi connectivity index (χ0) is 59.4. The van der Waals surface area contributed by atoms with Crippen molar-refractivity contribution in [3.63, 3.8) is 0 Å². The van der Waals surface area contributed by atoms with Gasteiger partial charge in [-0.15, -0.1) is 0 Å². The Labute approximate surface area is 456 Å². The fraction of sp³-hybridized carbons (Fsp3) is 0.306. The van der Waals surface area contributed by atoms with Gasteiger partial charge in [0.25, 0.3) is 0 Å². The standard InChI is InChI=1S/C10H9BO2.C10H15BO2.C8H11BO2.C7H9BO2.C6H13BO2.C6H7BO2.2CH5BO2.BH3O3/c12-11(13)10-7-3-5-8-4-1-2-6-9(8)10;1-10(2,3)8-4-6-9(7-5-8)11(12)13;1-6-3-7(2)5-8(4-6)9(10)11;1-6-2-4-7(5-3-6)8(9)10;2*8-7(9)6-4-2-1-3-5-6;2*1-2(3)4;2-1(3)4/h1-7,12-13H;4-7,12-13H,1-3H3;3-5,10-11H,1-2H3;2-5,9-10H,1H3;6,8-9H,1-5H2;1-5,8-9H;2*3-4H,1H3;2-4H. The third kappa shape index (κ3) is 38.6. The van der Waals surface area contributed by atoms with Crippen LogP contribution in [0.4, 0.5) is 0 Å². The summed E-state index contributed by atoms with van der Waals surface area (Å²) in [5, 5.41) is 159. The van der Waals surface area contributed by atoms with Crippen LogP contribution >= 0.6 is 0 Å². The summed E-state index contributed by atoms with van der Waals surface area (Å²) in [5.41, 5.74) is 7.22. The van der Waals surface area contributed by atoms with Gasteiger partial charge in [-0.3, -0.25) is 0 Å². The summed E-state index contributed by atoms with van der Waals surface area (Å²) in [5.74, 6) is 0.166. The van der Waals surface area contributed by atoms with Gasteiger partial charge in [-0.25, -0.2) is 0 Å². The summed E-state index contributed by atoms with van der Waals surface area (Å²) in [6.45, 7) is 14.7. The molecule has 19 N–H and O–H groups in total. The summed E-state index contributed by atoms with van der Waals surface area (Å²) >= 11 is 0. The molecule has 0 heterocycles. The summed E-state index contributed by atoms with van der Waals surface area (Å²) < 4.78 is 0. The molecule has 0 bridgehead atoms. The average molecular weight is 1070 g/mol. The smallest absolute Gasteiger partial charge is 0.427 e. The molecule has 1 fully saturated rings. The average Bonchev–Trinajstić information content (AvgIpc) is 3.34. The van der Waals surface area contributed by atoms with E-state index in [0.717, 1.165) is 40.3 Å². The van der Waals surface area contributed by atoms with Crippen LogP contribution in [0, 0.1) is 20.8 Å². The van der Waals surface area contributed by atoms with Crippen LogP contribution in [0.3, 0.4) is 0 Å². The molecule has 0 saturated heterocycles. The fourth-order valence-electron chi connectivity index (χ4n) is 6.59. The Hall–Kier alpha value is -4.60. The molecule has 1 aliphatic carbocycles. The van der Waals surface area contributed by atoms with E-state index < -0.39 is 64.3 Å². The van der Waals surface area contributed by atoms with Crippen LogP contribution in [-0.2, 0) is 5.41 Å². The SMILES string of the molecule is CB(O)O.CB(O)O.CC(C)(C)c1ccc(B(O)O)cc1.Cc1cc(C)cc(B(O)O)c1.Cc1ccc(B(O)O)cc1.OB(O)C1CCCCC1.OB(O)O.OB(O)c1cccc2ccccc12.OB(O)c1ccccc1. The highest BCUT2D eigenvalue weighted by atomic mass is 16.5. The third-order valence-electron chi connectivity index (χ3n) is 10.3. The summed E-state index contributed by atoms with van der Waals surface area (Å²) in [7, 11) is -12.4. The Morgan fingerprint density at radius 3 is 1.09 bits per heavy atom. The minimum absolute atomic E-state index is 0.110. The second-order valence-corrected chi connectivity index (χ2v) is 18.5. The molecular weight excluding hydrogens is 990 g/mol. The zero-order valence-corrected chi connectivity index (χ0v) is 45.1. The molecule has 1 aliphatic rings. The Morgan fingerprint density at radius 2 is 0.740 bits per heavy atom. The topological polar surface area (TPSA) is 384 Å². The largest absolute Gasteiger partial charge is 0.631 e. The van der Waals surface area contributed by atoms with Crippen LogP contribution in [0.5, 0.6) is 0 Å². The van der Waals surface area contributed by atoms with Crippen molar-refractivity contribution in [1.82, 2.24) is 0 Å². The van der Waals surface area contributed by atoms with Gasteiger partial charge in [-0.1, -0.05) is 209 Å². The lowest BCUT2D eigenvalue weighted by atomic mass is 9.65.